The van der Waals surface area contributed by atoms with Crippen molar-refractivity contribution >= 4 is 17.8 Å². The number of amides is 4. The van der Waals surface area contributed by atoms with Gasteiger partial charge in [-0.15, -0.1) is 0 Å². The van der Waals surface area contributed by atoms with Crippen LogP contribution in [-0.2, 0) is 16.5 Å². The van der Waals surface area contributed by atoms with Gasteiger partial charge in [0, 0.05) is 22.9 Å². The highest BCUT2D eigenvalue weighted by atomic mass is 19.4. The number of carbonyl (C=O) groups is 3. The first-order chi connectivity index (χ1) is 15.6. The van der Waals surface area contributed by atoms with Gasteiger partial charge in [0.2, 0.25) is 0 Å². The van der Waals surface area contributed by atoms with Crippen LogP contribution in [0.3, 0.4) is 0 Å². The van der Waals surface area contributed by atoms with Gasteiger partial charge in [0.1, 0.15) is 5.69 Å². The lowest BCUT2D eigenvalue weighted by atomic mass is 9.93. The molecule has 3 aromatic rings. The fourth-order valence-corrected chi connectivity index (χ4v) is 3.52. The van der Waals surface area contributed by atoms with E-state index in [1.807, 2.05) is 0 Å². The summed E-state index contributed by atoms with van der Waals surface area (Å²) in [6, 6.07) is 7.50. The molecule has 1 saturated heterocycles. The van der Waals surface area contributed by atoms with Crippen LogP contribution in [0.25, 0.3) is 11.1 Å². The molecule has 3 heterocycles. The maximum absolute atomic E-state index is 13.0. The lowest BCUT2D eigenvalue weighted by molar-refractivity contribution is -0.141. The van der Waals surface area contributed by atoms with E-state index in [2.05, 4.69) is 26.1 Å². The number of urea groups is 1. The van der Waals surface area contributed by atoms with Gasteiger partial charge in [-0.1, -0.05) is 29.4 Å². The summed E-state index contributed by atoms with van der Waals surface area (Å²) in [6.45, 7) is 1.26. The van der Waals surface area contributed by atoms with E-state index in [0.29, 0.717) is 16.7 Å². The Morgan fingerprint density at radius 1 is 1.15 bits per heavy atom. The number of aryl methyl sites for hydroxylation is 1. The molecule has 0 saturated carbocycles. The highest BCUT2D eigenvalue weighted by Crippen LogP contribution is 2.31. The Kier molecular flexibility index (Phi) is 5.36. The van der Waals surface area contributed by atoms with E-state index in [1.54, 1.807) is 25.1 Å². The first-order valence-electron chi connectivity index (χ1n) is 9.58. The third kappa shape index (κ3) is 4.02. The van der Waals surface area contributed by atoms with Crippen LogP contribution in [0.4, 0.5) is 18.0 Å². The van der Waals surface area contributed by atoms with Crippen molar-refractivity contribution in [3.8, 4) is 11.1 Å². The number of pyridine rings is 1. The maximum atomic E-state index is 13.0. The van der Waals surface area contributed by atoms with Crippen molar-refractivity contribution in [2.45, 2.75) is 18.6 Å². The molecule has 0 aliphatic carbocycles. The fourth-order valence-electron chi connectivity index (χ4n) is 3.52. The second-order valence-corrected chi connectivity index (χ2v) is 7.31. The summed E-state index contributed by atoms with van der Waals surface area (Å²) in [6.07, 6.45) is -2.20. The van der Waals surface area contributed by atoms with E-state index in [4.69, 9.17) is 4.52 Å². The average molecular weight is 459 g/mol. The smallest absolute Gasteiger partial charge is 0.358 e. The second kappa shape index (κ2) is 8.04. The summed E-state index contributed by atoms with van der Waals surface area (Å²) in [5, 5.41) is 10.8. The quantitative estimate of drug-likeness (QED) is 0.504. The van der Waals surface area contributed by atoms with Crippen LogP contribution >= 0.6 is 0 Å². The van der Waals surface area contributed by atoms with Gasteiger partial charge in [-0.25, -0.2) is 4.79 Å². The lowest BCUT2D eigenvalue weighted by Crippen LogP contribution is -2.52. The zero-order valence-electron chi connectivity index (χ0n) is 17.0. The minimum atomic E-state index is -4.59. The lowest BCUT2D eigenvalue weighted by Gasteiger charge is -2.24. The first kappa shape index (κ1) is 22.0. The highest BCUT2D eigenvalue weighted by Gasteiger charge is 2.52. The van der Waals surface area contributed by atoms with Crippen molar-refractivity contribution in [2.24, 2.45) is 0 Å². The summed E-state index contributed by atoms with van der Waals surface area (Å²) < 4.78 is 43.6. The van der Waals surface area contributed by atoms with Gasteiger partial charge in [-0.05, 0) is 24.6 Å². The number of carbonyl (C=O) groups excluding carboxylic acids is 3. The Bertz CT molecular complexity index is 1240. The molecule has 2 aromatic heterocycles. The number of hydrogen-bond donors (Lipinski definition) is 3. The molecule has 0 spiro atoms. The monoisotopic (exact) mass is 459 g/mol. The Morgan fingerprint density at radius 3 is 2.48 bits per heavy atom. The standard InChI is InChI=1S/C21H16F3N5O4/c1-11-8-27-33-16(11)20(18(31)28-19(32)29-20)10-26-17(30)14-5-3-2-4-13(14)12-6-7-15(25-9-12)21(22,23)24/h2-9H,10H2,1H3,(H,26,30)(H2,28,29,31,32)/t20-/m1/s1. The number of alkyl halides is 3. The average Bonchev–Trinajstić information content (AvgIpc) is 3.34. The first-order valence-corrected chi connectivity index (χ1v) is 9.58. The number of rotatable bonds is 5. The van der Waals surface area contributed by atoms with Crippen LogP contribution in [0, 0.1) is 6.92 Å². The van der Waals surface area contributed by atoms with Crippen molar-refractivity contribution in [2.75, 3.05) is 6.54 Å². The third-order valence-electron chi connectivity index (χ3n) is 5.13. The molecule has 1 fully saturated rings. The van der Waals surface area contributed by atoms with Crippen LogP contribution in [0.15, 0.2) is 53.3 Å². The number of benzene rings is 1. The zero-order chi connectivity index (χ0) is 23.8. The Hall–Kier alpha value is -4.22. The largest absolute Gasteiger partial charge is 0.433 e. The molecule has 0 unspecified atom stereocenters. The van der Waals surface area contributed by atoms with Gasteiger partial charge in [0.15, 0.2) is 11.3 Å². The van der Waals surface area contributed by atoms with E-state index in [9.17, 15) is 27.6 Å². The summed E-state index contributed by atoms with van der Waals surface area (Å²) in [7, 11) is 0. The summed E-state index contributed by atoms with van der Waals surface area (Å²) in [4.78, 5) is 40.8. The Labute approximate surface area is 184 Å². The van der Waals surface area contributed by atoms with Gasteiger partial charge in [0.05, 0.1) is 12.7 Å². The summed E-state index contributed by atoms with van der Waals surface area (Å²) in [5.41, 5.74) is -1.52. The molecule has 9 nitrogen and oxygen atoms in total. The molecule has 1 aliphatic heterocycles. The van der Waals surface area contributed by atoms with Gasteiger partial charge in [0.25, 0.3) is 11.8 Å². The number of imide groups is 1. The molecule has 1 atom stereocenters. The third-order valence-corrected chi connectivity index (χ3v) is 5.13. The van der Waals surface area contributed by atoms with Crippen LogP contribution in [-0.4, -0.2) is 34.5 Å². The van der Waals surface area contributed by atoms with Crippen LogP contribution in [0.2, 0.25) is 0 Å². The van der Waals surface area contributed by atoms with Gasteiger partial charge < -0.3 is 15.2 Å². The molecule has 0 radical (unpaired) electrons. The van der Waals surface area contributed by atoms with E-state index < -0.39 is 35.3 Å². The van der Waals surface area contributed by atoms with Crippen molar-refractivity contribution in [3.05, 3.63) is 71.4 Å². The van der Waals surface area contributed by atoms with Gasteiger partial charge in [-0.2, -0.15) is 13.2 Å². The number of nitrogens with zero attached hydrogens (tertiary/aromatic N) is 2. The van der Waals surface area contributed by atoms with Gasteiger partial charge >= 0.3 is 12.2 Å². The molecular formula is C21H16F3N5O4. The molecular weight excluding hydrogens is 443 g/mol. The molecule has 4 amide bonds. The van der Waals surface area contributed by atoms with Crippen LogP contribution in [0.5, 0.6) is 0 Å². The molecule has 0 bridgehead atoms. The fraction of sp³-hybridized carbons (Fsp3) is 0.190. The van der Waals surface area contributed by atoms with Crippen molar-refractivity contribution < 1.29 is 32.1 Å². The van der Waals surface area contributed by atoms with Crippen LogP contribution in [0.1, 0.15) is 27.4 Å². The Balaban J connectivity index is 1.61. The topological polar surface area (TPSA) is 126 Å². The molecule has 1 aromatic carbocycles. The molecule has 33 heavy (non-hydrogen) atoms. The summed E-state index contributed by atoms with van der Waals surface area (Å²) in [5.74, 6) is -1.30. The zero-order valence-corrected chi connectivity index (χ0v) is 17.0. The van der Waals surface area contributed by atoms with Crippen molar-refractivity contribution in [1.82, 2.24) is 26.1 Å². The van der Waals surface area contributed by atoms with E-state index in [-0.39, 0.29) is 17.9 Å². The maximum Gasteiger partial charge on any atom is 0.433 e. The Morgan fingerprint density at radius 2 is 1.91 bits per heavy atom. The minimum absolute atomic E-state index is 0.0615. The second-order valence-electron chi connectivity index (χ2n) is 7.31. The number of halogens is 3. The number of aromatic nitrogens is 2. The predicted octanol–water partition coefficient (Wildman–Crippen LogP) is 2.53. The predicted molar refractivity (Wildman–Crippen MR) is 107 cm³/mol. The van der Waals surface area contributed by atoms with E-state index in [1.165, 1.54) is 18.3 Å². The van der Waals surface area contributed by atoms with Crippen LogP contribution < -0.4 is 16.0 Å². The SMILES string of the molecule is Cc1cnoc1[C@@]1(CNC(=O)c2ccccc2-c2ccc(C(F)(F)F)nc2)NC(=O)NC1=O. The molecule has 12 heteroatoms. The van der Waals surface area contributed by atoms with Gasteiger partial charge in [-0.3, -0.25) is 19.9 Å². The minimum Gasteiger partial charge on any atom is -0.358 e. The normalized spacial score (nSPS) is 18.1. The van der Waals surface area contributed by atoms with E-state index in [0.717, 1.165) is 12.3 Å². The molecule has 1 aliphatic rings. The van der Waals surface area contributed by atoms with Crippen molar-refractivity contribution in [1.29, 1.82) is 0 Å². The van der Waals surface area contributed by atoms with E-state index >= 15 is 0 Å². The van der Waals surface area contributed by atoms with Crippen molar-refractivity contribution in [3.63, 3.8) is 0 Å². The highest BCUT2D eigenvalue weighted by molar-refractivity contribution is 6.08. The summed E-state index contributed by atoms with van der Waals surface area (Å²) >= 11 is 0. The number of nitrogens with one attached hydrogen (secondary N) is 3. The molecule has 3 N–H and O–H groups in total. The molecule has 170 valence electrons. The molecule has 4 rings (SSSR count). The number of hydrogen-bond acceptors (Lipinski definition) is 6.